The molecule has 2 heteroatoms. The molecule has 1 aromatic heterocycles. The molecule has 11 aromatic rings. The minimum atomic E-state index is -0.517. The molecule has 63 heavy (non-hydrogen) atoms. The number of nitrogens with zero attached hydrogens (tertiary/aromatic N) is 1. The summed E-state index contributed by atoms with van der Waals surface area (Å²) in [6, 6.07) is 91.6. The van der Waals surface area contributed by atoms with Gasteiger partial charge in [-0.2, -0.15) is 0 Å². The van der Waals surface area contributed by atoms with Crippen LogP contribution in [-0.2, 0) is 5.41 Å². The Labute approximate surface area is 372 Å². The number of rotatable bonds is 8. The fourth-order valence-corrected chi connectivity index (χ4v) is 11.2. The number of hydrogen-bond donors (Lipinski definition) is 0. The summed E-state index contributed by atoms with van der Waals surface area (Å²) in [7, 11) is 0. The van der Waals surface area contributed by atoms with Crippen LogP contribution in [0.2, 0.25) is 0 Å². The number of thiophene rings is 1. The van der Waals surface area contributed by atoms with Gasteiger partial charge in [-0.05, 0) is 110 Å². The second kappa shape index (κ2) is 15.3. The third-order valence-electron chi connectivity index (χ3n) is 13.0. The molecule has 0 saturated heterocycles. The van der Waals surface area contributed by atoms with Crippen LogP contribution >= 0.6 is 11.3 Å². The van der Waals surface area contributed by atoms with Crippen LogP contribution in [0.5, 0.6) is 0 Å². The van der Waals surface area contributed by atoms with Crippen LogP contribution in [0.4, 0.5) is 17.1 Å². The summed E-state index contributed by atoms with van der Waals surface area (Å²) >= 11 is 1.86. The smallest absolute Gasteiger partial charge is 0.0714 e. The highest BCUT2D eigenvalue weighted by Crippen LogP contribution is 2.57. The lowest BCUT2D eigenvalue weighted by molar-refractivity contribution is 0.768. The average molecular weight is 820 g/mol. The van der Waals surface area contributed by atoms with Crippen molar-refractivity contribution in [3.63, 3.8) is 0 Å². The zero-order valence-electron chi connectivity index (χ0n) is 34.5. The van der Waals surface area contributed by atoms with Crippen LogP contribution in [0, 0.1) is 0 Å². The summed E-state index contributed by atoms with van der Waals surface area (Å²) in [6.45, 7) is 0. The zero-order valence-corrected chi connectivity index (χ0v) is 35.3. The van der Waals surface area contributed by atoms with Gasteiger partial charge in [0.1, 0.15) is 0 Å². The first-order valence-corrected chi connectivity index (χ1v) is 22.5. The first kappa shape index (κ1) is 37.0. The summed E-state index contributed by atoms with van der Waals surface area (Å²) in [4.78, 5) is 2.46. The quantitative estimate of drug-likeness (QED) is 0.148. The van der Waals surface area contributed by atoms with Gasteiger partial charge in [-0.25, -0.2) is 0 Å². The summed E-state index contributed by atoms with van der Waals surface area (Å²) in [5.41, 5.74) is 17.6. The van der Waals surface area contributed by atoms with Gasteiger partial charge in [-0.1, -0.05) is 200 Å². The molecule has 0 atom stereocenters. The predicted molar refractivity (Wildman–Crippen MR) is 268 cm³/mol. The van der Waals surface area contributed by atoms with Crippen LogP contribution in [0.25, 0.3) is 64.7 Å². The van der Waals surface area contributed by atoms with Crippen molar-refractivity contribution in [2.45, 2.75) is 5.41 Å². The zero-order chi connectivity index (χ0) is 41.7. The predicted octanol–water partition coefficient (Wildman–Crippen LogP) is 16.9. The molecule has 12 rings (SSSR count). The topological polar surface area (TPSA) is 3.24 Å². The average Bonchev–Trinajstić information content (AvgIpc) is 3.89. The summed E-state index contributed by atoms with van der Waals surface area (Å²) in [5.74, 6) is 0. The minimum absolute atomic E-state index is 0.517. The molecule has 0 radical (unpaired) electrons. The van der Waals surface area contributed by atoms with E-state index < -0.39 is 5.41 Å². The molecule has 1 nitrogen and oxygen atoms in total. The van der Waals surface area contributed by atoms with Gasteiger partial charge < -0.3 is 4.90 Å². The highest BCUT2D eigenvalue weighted by Gasteiger charge is 2.46. The van der Waals surface area contributed by atoms with Crippen LogP contribution in [-0.4, -0.2) is 0 Å². The molecule has 0 unspecified atom stereocenters. The first-order chi connectivity index (χ1) is 31.2. The SMILES string of the molecule is c1ccc(-c2ccc(-c3ccccc3N(c3ccc(-c4ccc5sc6ccccc6c5c4)cc3)c3ccc4c(c3)C(c3ccccc3)(c3ccccc3)c3ccccc3-4)cc2)cc1. The Bertz CT molecular complexity index is 3380. The molecular formula is C61H41NS. The third-order valence-corrected chi connectivity index (χ3v) is 14.1. The molecule has 0 amide bonds. The van der Waals surface area contributed by atoms with Crippen LogP contribution in [0.15, 0.2) is 249 Å². The monoisotopic (exact) mass is 819 g/mol. The van der Waals surface area contributed by atoms with Gasteiger partial charge >= 0.3 is 0 Å². The van der Waals surface area contributed by atoms with Gasteiger partial charge in [-0.15, -0.1) is 11.3 Å². The molecule has 10 aromatic carbocycles. The Morgan fingerprint density at radius 1 is 0.302 bits per heavy atom. The largest absolute Gasteiger partial charge is 0.310 e. The molecule has 1 aliphatic carbocycles. The van der Waals surface area contributed by atoms with Crippen LogP contribution < -0.4 is 4.90 Å². The maximum absolute atomic E-state index is 2.47. The number of benzene rings is 10. The van der Waals surface area contributed by atoms with Crippen molar-refractivity contribution in [1.29, 1.82) is 0 Å². The van der Waals surface area contributed by atoms with Crippen molar-refractivity contribution < 1.29 is 0 Å². The molecule has 1 heterocycles. The maximum Gasteiger partial charge on any atom is 0.0714 e. The van der Waals surface area contributed by atoms with E-state index in [0.717, 1.165) is 22.6 Å². The second-order valence-corrected chi connectivity index (χ2v) is 17.5. The maximum atomic E-state index is 2.47. The fourth-order valence-electron chi connectivity index (χ4n) is 10.1. The van der Waals surface area contributed by atoms with Crippen molar-refractivity contribution in [3.8, 4) is 44.5 Å². The Morgan fingerprint density at radius 2 is 0.810 bits per heavy atom. The molecule has 1 aliphatic rings. The standard InChI is InChI=1S/C61H41NS/c1-4-16-42(17-5-1)43-28-30-45(31-29-43)51-22-11-14-26-58(51)62(49-35-32-44(33-36-49)46-34-39-60-55(40-46)54-24-12-15-27-59(54)63-60)50-37-38-53-52-23-10-13-25-56(52)61(57(53)41-50,47-18-6-2-7-19-47)48-20-8-3-9-21-48/h1-41H. The van der Waals surface area contributed by atoms with E-state index in [4.69, 9.17) is 0 Å². The summed E-state index contributed by atoms with van der Waals surface area (Å²) < 4.78 is 2.64. The summed E-state index contributed by atoms with van der Waals surface area (Å²) in [6.07, 6.45) is 0. The van der Waals surface area contributed by atoms with E-state index in [1.807, 2.05) is 11.3 Å². The Kier molecular flexibility index (Phi) is 8.98. The molecule has 0 fully saturated rings. The fraction of sp³-hybridized carbons (Fsp3) is 0.0164. The second-order valence-electron chi connectivity index (χ2n) is 16.4. The minimum Gasteiger partial charge on any atom is -0.310 e. The Hall–Kier alpha value is -7.78. The number of fused-ring (bicyclic) bond motifs is 6. The van der Waals surface area contributed by atoms with Crippen molar-refractivity contribution >= 4 is 48.6 Å². The van der Waals surface area contributed by atoms with Crippen molar-refractivity contribution in [2.24, 2.45) is 0 Å². The van der Waals surface area contributed by atoms with E-state index in [1.54, 1.807) is 0 Å². The molecule has 0 spiro atoms. The highest BCUT2D eigenvalue weighted by molar-refractivity contribution is 7.25. The molecule has 0 aliphatic heterocycles. The lowest BCUT2D eigenvalue weighted by atomic mass is 9.67. The summed E-state index contributed by atoms with van der Waals surface area (Å²) in [5, 5.41) is 2.63. The molecule has 0 bridgehead atoms. The molecule has 296 valence electrons. The lowest BCUT2D eigenvalue weighted by Crippen LogP contribution is -2.28. The Balaban J connectivity index is 1.05. The third kappa shape index (κ3) is 6.14. The molecule has 0 saturated carbocycles. The molecule has 0 N–H and O–H groups in total. The van der Waals surface area contributed by atoms with E-state index in [9.17, 15) is 0 Å². The lowest BCUT2D eigenvalue weighted by Gasteiger charge is -2.35. The van der Waals surface area contributed by atoms with E-state index in [0.29, 0.717) is 0 Å². The van der Waals surface area contributed by atoms with Gasteiger partial charge in [0.2, 0.25) is 0 Å². The molecular weight excluding hydrogens is 779 g/mol. The number of para-hydroxylation sites is 1. The van der Waals surface area contributed by atoms with Gasteiger partial charge in [0.15, 0.2) is 0 Å². The van der Waals surface area contributed by atoms with Gasteiger partial charge in [0, 0.05) is 37.1 Å². The Morgan fingerprint density at radius 3 is 1.56 bits per heavy atom. The van der Waals surface area contributed by atoms with Crippen LogP contribution in [0.1, 0.15) is 22.3 Å². The van der Waals surface area contributed by atoms with Crippen molar-refractivity contribution in [3.05, 3.63) is 271 Å². The van der Waals surface area contributed by atoms with E-state index in [1.165, 1.54) is 81.4 Å². The van der Waals surface area contributed by atoms with Gasteiger partial charge in [0.25, 0.3) is 0 Å². The van der Waals surface area contributed by atoms with Gasteiger partial charge in [-0.3, -0.25) is 0 Å². The number of hydrogen-bond acceptors (Lipinski definition) is 2. The highest BCUT2D eigenvalue weighted by atomic mass is 32.1. The van der Waals surface area contributed by atoms with Gasteiger partial charge in [0.05, 0.1) is 11.1 Å². The number of anilines is 3. The van der Waals surface area contributed by atoms with Crippen molar-refractivity contribution in [2.75, 3.05) is 4.90 Å². The van der Waals surface area contributed by atoms with E-state index in [2.05, 4.69) is 254 Å². The van der Waals surface area contributed by atoms with Crippen molar-refractivity contribution in [1.82, 2.24) is 0 Å². The van der Waals surface area contributed by atoms with E-state index in [-0.39, 0.29) is 0 Å². The normalized spacial score (nSPS) is 12.6. The van der Waals surface area contributed by atoms with Crippen LogP contribution in [0.3, 0.4) is 0 Å². The first-order valence-electron chi connectivity index (χ1n) is 21.7. The van der Waals surface area contributed by atoms with E-state index >= 15 is 0 Å².